The van der Waals surface area contributed by atoms with Gasteiger partial charge in [-0.15, -0.1) is 0 Å². The second-order valence-electron chi connectivity index (χ2n) is 7.05. The quantitative estimate of drug-likeness (QED) is 0.171. The van der Waals surface area contributed by atoms with Crippen LogP contribution < -0.4 is 0 Å². The van der Waals surface area contributed by atoms with Crippen LogP contribution in [0.25, 0.3) is 0 Å². The zero-order valence-electron chi connectivity index (χ0n) is 16.1. The van der Waals surface area contributed by atoms with Crippen molar-refractivity contribution < 1.29 is 32.5 Å². The molecule has 2 unspecified atom stereocenters. The maximum Gasteiger partial charge on any atom is 0.267 e. The van der Waals surface area contributed by atoms with Crippen molar-refractivity contribution in [3.63, 3.8) is 0 Å². The molecule has 0 saturated heterocycles. The van der Waals surface area contributed by atoms with Crippen molar-refractivity contribution in [2.24, 2.45) is 4.99 Å². The number of rotatable bonds is 14. The fourth-order valence-corrected chi connectivity index (χ4v) is 4.01. The molecule has 0 aromatic rings. The maximum absolute atomic E-state index is 12.6. The zero-order valence-corrected chi connectivity index (χ0v) is 16.9. The first-order chi connectivity index (χ1) is 12.7. The van der Waals surface area contributed by atoms with E-state index in [9.17, 15) is 23.4 Å². The summed E-state index contributed by atoms with van der Waals surface area (Å²) in [5, 5.41) is 19.4. The normalized spacial score (nSPS) is 21.6. The van der Waals surface area contributed by atoms with Crippen molar-refractivity contribution in [3.8, 4) is 0 Å². The molecule has 0 fully saturated rings. The molecule has 0 spiro atoms. The van der Waals surface area contributed by atoms with Crippen molar-refractivity contribution >= 4 is 21.7 Å². The van der Waals surface area contributed by atoms with E-state index in [1.165, 1.54) is 19.3 Å². The summed E-state index contributed by atoms with van der Waals surface area (Å²) in [6.07, 6.45) is 8.20. The average Bonchev–Trinajstić information content (AvgIpc) is 2.95. The lowest BCUT2D eigenvalue weighted by atomic mass is 10.1. The second kappa shape index (κ2) is 11.7. The van der Waals surface area contributed by atoms with Gasteiger partial charge in [0.15, 0.2) is 0 Å². The number of nitrogens with zero attached hydrogens (tertiary/aromatic N) is 2. The van der Waals surface area contributed by atoms with Gasteiger partial charge >= 0.3 is 0 Å². The van der Waals surface area contributed by atoms with Crippen LogP contribution in [-0.2, 0) is 14.9 Å². The highest BCUT2D eigenvalue weighted by molar-refractivity contribution is 7.85. The van der Waals surface area contributed by atoms with Gasteiger partial charge in [0.25, 0.3) is 16.0 Å². The third-order valence-corrected chi connectivity index (χ3v) is 5.48. The number of aliphatic hydroxyl groups excluding tert-OH is 2. The number of hydrogen-bond acceptors (Lipinski definition) is 6. The molecule has 0 amide bonds. The lowest BCUT2D eigenvalue weighted by Crippen LogP contribution is -2.59. The summed E-state index contributed by atoms with van der Waals surface area (Å²) in [7, 11) is -4.33. The van der Waals surface area contributed by atoms with E-state index in [1.807, 2.05) is 12.2 Å². The third kappa shape index (κ3) is 8.61. The maximum atomic E-state index is 12.6. The fraction of sp³-hybridized carbons (Fsp3) is 0.778. The van der Waals surface area contributed by atoms with E-state index in [4.69, 9.17) is 4.55 Å². The molecule has 8 nitrogen and oxygen atoms in total. The van der Waals surface area contributed by atoms with Gasteiger partial charge in [-0.2, -0.15) is 8.42 Å². The van der Waals surface area contributed by atoms with E-state index in [1.54, 1.807) is 0 Å². The molecule has 0 aliphatic carbocycles. The van der Waals surface area contributed by atoms with Crippen molar-refractivity contribution in [2.75, 3.05) is 38.5 Å². The number of unbranched alkanes of at least 4 members (excludes halogenated alkanes) is 4. The smallest absolute Gasteiger partial charge is 0.267 e. The number of hydrogen-bond donors (Lipinski definition) is 3. The molecule has 0 saturated carbocycles. The largest absolute Gasteiger partial charge is 0.390 e. The number of aliphatic hydroxyl groups is 2. The Balaban J connectivity index is 2.69. The Morgan fingerprint density at radius 2 is 2.04 bits per heavy atom. The molecular formula is C18H33N2O6S+. The van der Waals surface area contributed by atoms with Crippen LogP contribution in [0.1, 0.15) is 45.4 Å². The number of quaternary nitrogens is 1. The van der Waals surface area contributed by atoms with Crippen molar-refractivity contribution in [1.29, 1.82) is 0 Å². The first kappa shape index (κ1) is 23.9. The molecule has 3 N–H and O–H groups in total. The Hall–Kier alpha value is -1.13. The van der Waals surface area contributed by atoms with Gasteiger partial charge in [0, 0.05) is 6.42 Å². The van der Waals surface area contributed by atoms with Crippen LogP contribution in [0.4, 0.5) is 0 Å². The molecule has 1 heterocycles. The summed E-state index contributed by atoms with van der Waals surface area (Å²) in [5.74, 6) is -0.740. The number of amidine groups is 1. The Labute approximate surface area is 161 Å². The fourth-order valence-electron chi connectivity index (χ4n) is 3.42. The molecule has 156 valence electrons. The van der Waals surface area contributed by atoms with Gasteiger partial charge < -0.3 is 10.2 Å². The first-order valence-corrected chi connectivity index (χ1v) is 11.2. The van der Waals surface area contributed by atoms with E-state index in [2.05, 4.69) is 11.9 Å². The van der Waals surface area contributed by atoms with Crippen LogP contribution in [0.2, 0.25) is 0 Å². The predicted molar refractivity (Wildman–Crippen MR) is 104 cm³/mol. The highest BCUT2D eigenvalue weighted by atomic mass is 32.2. The van der Waals surface area contributed by atoms with Crippen LogP contribution in [0.3, 0.4) is 0 Å². The topological polar surface area (TPSA) is 124 Å². The highest BCUT2D eigenvalue weighted by Crippen LogP contribution is 2.19. The van der Waals surface area contributed by atoms with Crippen LogP contribution >= 0.6 is 0 Å². The molecule has 27 heavy (non-hydrogen) atoms. The molecule has 0 radical (unpaired) electrons. The van der Waals surface area contributed by atoms with Gasteiger partial charge in [-0.05, 0) is 12.8 Å². The van der Waals surface area contributed by atoms with Gasteiger partial charge in [0.1, 0.15) is 31.5 Å². The minimum Gasteiger partial charge on any atom is -0.390 e. The van der Waals surface area contributed by atoms with Gasteiger partial charge in [-0.25, -0.2) is 4.99 Å². The molecule has 0 aromatic carbocycles. The minimum atomic E-state index is -4.33. The lowest BCUT2D eigenvalue weighted by Gasteiger charge is -2.34. The van der Waals surface area contributed by atoms with E-state index in [-0.39, 0.29) is 42.2 Å². The Bertz CT molecular complexity index is 632. The van der Waals surface area contributed by atoms with Crippen molar-refractivity contribution in [3.05, 3.63) is 12.2 Å². The molecule has 0 bridgehead atoms. The third-order valence-electron chi connectivity index (χ3n) is 4.67. The Kier molecular flexibility index (Phi) is 10.3. The number of carbonyl (C=O) groups excluding carboxylic acids is 1. The number of allylic oxidation sites excluding steroid dienone is 2. The lowest BCUT2D eigenvalue weighted by molar-refractivity contribution is -0.837. The summed E-state index contributed by atoms with van der Waals surface area (Å²) in [6, 6.07) is 0. The molecule has 2 atom stereocenters. The SMILES string of the molecule is CCCCCC/C=C/CC(=O)C1=NCC[N+]1(CCO)CC(O)CS(=O)(=O)O. The summed E-state index contributed by atoms with van der Waals surface area (Å²) in [5.41, 5.74) is 0. The number of carbonyl (C=O) groups is 1. The predicted octanol–water partition coefficient (Wildman–Crippen LogP) is 0.942. The van der Waals surface area contributed by atoms with E-state index < -0.39 is 22.0 Å². The molecule has 0 aromatic heterocycles. The Morgan fingerprint density at radius 3 is 2.67 bits per heavy atom. The van der Waals surface area contributed by atoms with Gasteiger partial charge in [0.2, 0.25) is 5.78 Å². The second-order valence-corrected chi connectivity index (χ2v) is 8.55. The Morgan fingerprint density at radius 1 is 1.30 bits per heavy atom. The zero-order chi connectivity index (χ0) is 20.3. The van der Waals surface area contributed by atoms with E-state index in [0.717, 1.165) is 12.8 Å². The first-order valence-electron chi connectivity index (χ1n) is 9.57. The number of Topliss-reactive ketones (excluding diaryl/α,β-unsaturated/α-hetero) is 1. The molecule has 9 heteroatoms. The van der Waals surface area contributed by atoms with Crippen molar-refractivity contribution in [2.45, 2.75) is 51.6 Å². The van der Waals surface area contributed by atoms with E-state index >= 15 is 0 Å². The van der Waals surface area contributed by atoms with Crippen LogP contribution in [-0.4, -0.2) is 83.9 Å². The van der Waals surface area contributed by atoms with Crippen molar-refractivity contribution in [1.82, 2.24) is 0 Å². The minimum absolute atomic E-state index is 0.0592. The van der Waals surface area contributed by atoms with Gasteiger partial charge in [-0.1, -0.05) is 38.3 Å². The van der Waals surface area contributed by atoms with Crippen LogP contribution in [0.15, 0.2) is 17.1 Å². The summed E-state index contributed by atoms with van der Waals surface area (Å²) >= 11 is 0. The van der Waals surface area contributed by atoms with Crippen LogP contribution in [0, 0.1) is 0 Å². The van der Waals surface area contributed by atoms with E-state index in [0.29, 0.717) is 13.1 Å². The van der Waals surface area contributed by atoms with Gasteiger partial charge in [-0.3, -0.25) is 13.8 Å². The summed E-state index contributed by atoms with van der Waals surface area (Å²) in [6.45, 7) is 2.78. The number of ketones is 1. The van der Waals surface area contributed by atoms with Crippen LogP contribution in [0.5, 0.6) is 0 Å². The highest BCUT2D eigenvalue weighted by Gasteiger charge is 2.43. The number of aliphatic imine (C=N–C) groups is 1. The molecular weight excluding hydrogens is 372 g/mol. The summed E-state index contributed by atoms with van der Waals surface area (Å²) in [4.78, 5) is 16.9. The standard InChI is InChI=1S/C18H32N2O6S/c1-2-3-4-5-6-7-8-9-17(23)18-19-10-11-20(18,12-13-21)14-16(22)15-27(24,25)26/h7-8,16,21-22H,2-6,9-15H2,1H3/p+1/b8-7+. The summed E-state index contributed by atoms with van der Waals surface area (Å²) < 4.78 is 30.9. The monoisotopic (exact) mass is 405 g/mol. The molecule has 1 rings (SSSR count). The van der Waals surface area contributed by atoms with Gasteiger partial charge in [0.05, 0.1) is 13.2 Å². The molecule has 1 aliphatic rings. The average molecular weight is 406 g/mol. The molecule has 1 aliphatic heterocycles.